The molecule has 3 aromatic heterocycles. The monoisotopic (exact) mass is 1800 g/mol. The van der Waals surface area contributed by atoms with Crippen LogP contribution in [0, 0.1) is 105 Å². The third-order valence-electron chi connectivity index (χ3n) is 29.0. The molecule has 6 aromatic rings. The van der Waals surface area contributed by atoms with Crippen LogP contribution >= 0.6 is 0 Å². The van der Waals surface area contributed by atoms with Gasteiger partial charge < -0.3 is 57.7 Å². The van der Waals surface area contributed by atoms with Crippen molar-refractivity contribution in [3.05, 3.63) is 114 Å². The number of fused-ring (bicyclic) bond motifs is 16. The Morgan fingerprint density at radius 2 is 1.10 bits per heavy atom. The Bertz CT molecular complexity index is 5340. The van der Waals surface area contributed by atoms with E-state index in [1.54, 1.807) is 12.1 Å². The molecule has 11 aliphatic rings. The van der Waals surface area contributed by atoms with Gasteiger partial charge in [0, 0.05) is 37.5 Å². The highest BCUT2D eigenvalue weighted by Crippen LogP contribution is 2.60. The second-order valence-corrected chi connectivity index (χ2v) is 41.0. The molecule has 1 N–H and O–H groups in total. The number of methoxy groups -OCH3 is 2. The molecule has 6 saturated carbocycles. The van der Waals surface area contributed by atoms with Crippen LogP contribution < -0.4 is 14.2 Å². The quantitative estimate of drug-likeness (QED) is 0.0458. The van der Waals surface area contributed by atoms with Crippen molar-refractivity contribution in [2.75, 3.05) is 33.9 Å². The molecule has 3 amide bonds. The topological polar surface area (TPSA) is 335 Å². The van der Waals surface area contributed by atoms with Crippen molar-refractivity contribution < 1.29 is 99.3 Å². The van der Waals surface area contributed by atoms with E-state index in [1.807, 2.05) is 80.5 Å². The van der Waals surface area contributed by atoms with E-state index in [0.29, 0.717) is 110 Å². The predicted octanol–water partition coefficient (Wildman–Crippen LogP) is 16.0. The maximum absolute atomic E-state index is 14.2. The number of rotatable bonds is 14. The third kappa shape index (κ3) is 21.6. The molecular formula is C100H124F3N9O18. The first kappa shape index (κ1) is 94.0. The summed E-state index contributed by atoms with van der Waals surface area (Å²) in [4.78, 5) is 152. The number of aromatic nitrogens is 6. The Morgan fingerprint density at radius 3 is 1.67 bits per heavy atom. The van der Waals surface area contributed by atoms with Crippen molar-refractivity contribution in [3.63, 3.8) is 0 Å². The van der Waals surface area contributed by atoms with Gasteiger partial charge in [-0.15, -0.1) is 6.58 Å². The SMILES string of the molecule is C=CCCC[C@@H]1[C@H]2C[C@H]2C[C@H]1OC(=O)C[C@H](C(=O)N1C[C@H](Oc2nc3cc(F)ccc3nc2C=C)C[C@H]1C(=O)OC)C(C)(C)C.CC(C)(C)[C@@H]1CC(=O)O[C@@H]2C[C@@H]3C[C@@H]3[C@H]2CCCCCc2nc3ccc(F)cc3nc2O[C@@H]2C[C@@H](C(=O)O)N(C2)C1=O.COC(=O)[C@@H]1C[C@@H]2CN1C(=O)[C@H](C(C)(C)C)CC(=O)O[C@@H]1C[C@@H]3C[C@@H]3[C@H]1CCC/C=C/c1nc3ccc(F)cc3nc1O2. The van der Waals surface area contributed by atoms with Crippen LogP contribution in [-0.4, -0.2) is 192 Å². The fraction of sp³-hybridized carbons (Fsp3) is 0.610. The first-order chi connectivity index (χ1) is 61.9. The number of unbranched alkanes of at least 4 members (excludes halogenated alkanes) is 1. The normalized spacial score (nSPS) is 30.1. The molecule has 698 valence electrons. The summed E-state index contributed by atoms with van der Waals surface area (Å²) in [5.74, 6) is -2.65. The summed E-state index contributed by atoms with van der Waals surface area (Å²) in [5.41, 5.74) is 2.33. The molecule has 130 heavy (non-hydrogen) atoms. The lowest BCUT2D eigenvalue weighted by Gasteiger charge is -2.34. The molecule has 30 heteroatoms. The van der Waals surface area contributed by atoms with Gasteiger partial charge in [0.1, 0.15) is 89.3 Å². The number of benzene rings is 3. The van der Waals surface area contributed by atoms with Gasteiger partial charge >= 0.3 is 35.8 Å². The van der Waals surface area contributed by atoms with Gasteiger partial charge in [0.05, 0.1) is 104 Å². The van der Waals surface area contributed by atoms with Crippen LogP contribution in [0.25, 0.3) is 45.3 Å². The number of hydrogen-bond donors (Lipinski definition) is 1. The first-order valence-corrected chi connectivity index (χ1v) is 46.6. The average molecular weight is 1800 g/mol. The van der Waals surface area contributed by atoms with Crippen LogP contribution in [0.1, 0.15) is 221 Å². The molecule has 17 rings (SSSR count). The lowest BCUT2D eigenvalue weighted by atomic mass is 9.77. The minimum atomic E-state index is -1.13. The summed E-state index contributed by atoms with van der Waals surface area (Å²) in [6, 6.07) is 9.66. The number of carboxylic acid groups (broad SMARTS) is 1. The Balaban J connectivity index is 0.000000150. The molecular weight excluding hydrogens is 1670 g/mol. The molecule has 5 aliphatic heterocycles. The number of likely N-dealkylation sites (tertiary alicyclic amines) is 1. The maximum atomic E-state index is 14.2. The van der Waals surface area contributed by atoms with Gasteiger partial charge in [-0.05, 0) is 214 Å². The van der Waals surface area contributed by atoms with Crippen molar-refractivity contribution in [2.24, 2.45) is 87.3 Å². The molecule has 0 radical (unpaired) electrons. The van der Waals surface area contributed by atoms with E-state index in [4.69, 9.17) is 47.9 Å². The lowest BCUT2D eigenvalue weighted by molar-refractivity contribution is -0.160. The molecule has 3 aromatic carbocycles. The largest absolute Gasteiger partial charge is 0.480 e. The van der Waals surface area contributed by atoms with E-state index in [1.165, 1.54) is 96.7 Å². The maximum Gasteiger partial charge on any atom is 0.328 e. The number of hydrogen-bond acceptors (Lipinski definition) is 23. The number of allylic oxidation sites excluding steroid dienone is 2. The van der Waals surface area contributed by atoms with Gasteiger partial charge in [-0.25, -0.2) is 57.5 Å². The van der Waals surface area contributed by atoms with E-state index in [-0.39, 0.29) is 124 Å². The summed E-state index contributed by atoms with van der Waals surface area (Å²) in [7, 11) is 2.56. The van der Waals surface area contributed by atoms with Gasteiger partial charge in [-0.2, -0.15) is 0 Å². The Labute approximate surface area is 756 Å². The fourth-order valence-electron chi connectivity index (χ4n) is 21.7. The number of carboxylic acids is 1. The van der Waals surface area contributed by atoms with Crippen LogP contribution in [0.3, 0.4) is 0 Å². The number of nitrogens with zero attached hydrogens (tertiary/aromatic N) is 9. The minimum absolute atomic E-state index is 0.0355. The van der Waals surface area contributed by atoms with Gasteiger partial charge in [0.25, 0.3) is 0 Å². The first-order valence-electron chi connectivity index (χ1n) is 46.6. The van der Waals surface area contributed by atoms with E-state index >= 15 is 0 Å². The number of aliphatic carboxylic acids is 1. The summed E-state index contributed by atoms with van der Waals surface area (Å²) in [5, 5.41) is 10.1. The average Bonchev–Trinajstić information content (AvgIpc) is 1.60. The number of esters is 5. The summed E-state index contributed by atoms with van der Waals surface area (Å²) >= 11 is 0. The lowest BCUT2D eigenvalue weighted by Crippen LogP contribution is -2.48. The van der Waals surface area contributed by atoms with Crippen LogP contribution in [-0.2, 0) is 73.3 Å². The van der Waals surface area contributed by atoms with Crippen LogP contribution in [0.5, 0.6) is 17.6 Å². The van der Waals surface area contributed by atoms with Gasteiger partial charge in [0.15, 0.2) is 0 Å². The summed E-state index contributed by atoms with van der Waals surface area (Å²) in [6.45, 7) is 24.9. The molecule has 27 nitrogen and oxygen atoms in total. The molecule has 8 heterocycles. The molecule has 21 atom stereocenters. The Kier molecular flexibility index (Phi) is 28.2. The highest BCUT2D eigenvalue weighted by Gasteiger charge is 2.58. The molecule has 3 saturated heterocycles. The number of halogens is 3. The molecule has 0 unspecified atom stereocenters. The number of carbonyl (C=O) groups excluding carboxylic acids is 8. The number of carbonyl (C=O) groups is 9. The van der Waals surface area contributed by atoms with E-state index in [0.717, 1.165) is 83.5 Å². The zero-order valence-electron chi connectivity index (χ0n) is 76.5. The van der Waals surface area contributed by atoms with Crippen molar-refractivity contribution in [2.45, 2.75) is 265 Å². The second-order valence-electron chi connectivity index (χ2n) is 41.0. The Morgan fingerprint density at radius 1 is 0.569 bits per heavy atom. The van der Waals surface area contributed by atoms with Crippen molar-refractivity contribution in [3.8, 4) is 17.6 Å². The van der Waals surface area contributed by atoms with Crippen LogP contribution in [0.4, 0.5) is 13.2 Å². The number of ether oxygens (including phenoxy) is 8. The Hall–Kier alpha value is -10.7. The zero-order valence-corrected chi connectivity index (χ0v) is 76.5. The second kappa shape index (κ2) is 39.0. The fourth-order valence-corrected chi connectivity index (χ4v) is 21.7. The zero-order chi connectivity index (χ0) is 92.7. The highest BCUT2D eigenvalue weighted by molar-refractivity contribution is 5.92. The standard InChI is InChI=1S/C35H44FN3O6.C33H40FN3O6.C32H40FN3O6/c1-7-9-10-11-23-24-14-20(24)15-30(23)45-31(40)18-25(35(3,4)5)33(41)39-19-22(17-29(39)34(42)43-6)44-32-26(8-2)37-27-13-12-21(36)16-28(27)38-32;1-33(2,3)23-16-29(38)43-28-13-18-12-22(18)21(28)8-6-5-7-9-25-30(36-26-14-19(34)10-11-24(26)35-25)42-20-15-27(32(40)41-4)37(17-20)31(23)39;1-32(2,3)22-15-28(37)42-27-12-17-11-21(17)20(27)7-5-4-6-8-24-29(35-25-13-18(33)9-10-23(25)34-24)41-19-14-26(31(39)40)36(16-19)30(22)38/h7-8,12-13,16,20,22-25,29-30H,1-2,9-11,14-15,17-19H2,3-6H3;7,9-11,14,18,20-23,27-28H,5-6,8,12-13,15-17H2,1-4H3;9-10,13,17,19-22,26-27H,4-8,11-12,14-16H2,1-3H3,(H,39,40)/b;9-7+;/t20-,22+,23+,24-,25+,29-,30+;18-,20+,21+,22-,23+,27-,28+;17-,19+,20+,21-,22+,26-,27+/m000/s1. The molecule has 0 spiro atoms. The van der Waals surface area contributed by atoms with Crippen LogP contribution in [0.15, 0.2) is 79.9 Å². The van der Waals surface area contributed by atoms with Crippen LogP contribution in [0.2, 0.25) is 0 Å². The summed E-state index contributed by atoms with van der Waals surface area (Å²) in [6.07, 6.45) is 21.5. The highest BCUT2D eigenvalue weighted by atomic mass is 19.1. The predicted molar refractivity (Wildman–Crippen MR) is 474 cm³/mol. The van der Waals surface area contributed by atoms with Gasteiger partial charge in [0.2, 0.25) is 35.4 Å². The van der Waals surface area contributed by atoms with E-state index < -0.39 is 112 Å². The number of amides is 3. The van der Waals surface area contributed by atoms with Crippen molar-refractivity contribution >= 4 is 98.8 Å². The smallest absolute Gasteiger partial charge is 0.328 e. The molecule has 6 aliphatic carbocycles. The summed E-state index contributed by atoms with van der Waals surface area (Å²) < 4.78 is 89.1. The van der Waals surface area contributed by atoms with Crippen molar-refractivity contribution in [1.82, 2.24) is 44.6 Å². The van der Waals surface area contributed by atoms with E-state index in [2.05, 4.69) is 33.1 Å². The number of aryl methyl sites for hydroxylation is 1. The van der Waals surface area contributed by atoms with E-state index in [9.17, 15) is 61.4 Å². The minimum Gasteiger partial charge on any atom is -0.480 e. The molecule has 4 bridgehead atoms. The third-order valence-corrected chi connectivity index (χ3v) is 29.0. The van der Waals surface area contributed by atoms with Gasteiger partial charge in [-0.3, -0.25) is 28.8 Å². The van der Waals surface area contributed by atoms with Gasteiger partial charge in [-0.1, -0.05) is 93.9 Å². The molecule has 9 fully saturated rings. The van der Waals surface area contributed by atoms with Crippen molar-refractivity contribution in [1.29, 1.82) is 0 Å².